The van der Waals surface area contributed by atoms with Crippen molar-refractivity contribution < 1.29 is 19.1 Å². The summed E-state index contributed by atoms with van der Waals surface area (Å²) in [5.74, 6) is 1.42. The zero-order valence-corrected chi connectivity index (χ0v) is 16.3. The number of likely N-dealkylation sites (tertiary alicyclic amines) is 1. The molecule has 1 saturated heterocycles. The molecule has 2 amide bonds. The zero-order valence-electron chi connectivity index (χ0n) is 16.3. The molecule has 0 radical (unpaired) electrons. The number of carbonyl (C=O) groups excluding carboxylic acids is 2. The smallest absolute Gasteiger partial charge is 0.243 e. The first-order chi connectivity index (χ1) is 13.1. The summed E-state index contributed by atoms with van der Waals surface area (Å²) >= 11 is 0. The molecule has 6 heteroatoms. The fourth-order valence-corrected chi connectivity index (χ4v) is 4.18. The van der Waals surface area contributed by atoms with Gasteiger partial charge < -0.3 is 19.7 Å². The molecule has 1 aromatic carbocycles. The van der Waals surface area contributed by atoms with Crippen LogP contribution in [0.3, 0.4) is 0 Å². The van der Waals surface area contributed by atoms with Crippen molar-refractivity contribution in [2.24, 2.45) is 0 Å². The number of carbonyl (C=O) groups is 2. The summed E-state index contributed by atoms with van der Waals surface area (Å²) in [6.45, 7) is 2.90. The van der Waals surface area contributed by atoms with Crippen molar-refractivity contribution in [3.05, 3.63) is 23.8 Å². The monoisotopic (exact) mass is 374 g/mol. The van der Waals surface area contributed by atoms with E-state index in [1.54, 1.807) is 7.11 Å². The molecule has 1 aliphatic carbocycles. The Morgan fingerprint density at radius 3 is 2.67 bits per heavy atom. The second-order valence-electron chi connectivity index (χ2n) is 7.28. The van der Waals surface area contributed by atoms with Gasteiger partial charge in [-0.25, -0.2) is 0 Å². The predicted molar refractivity (Wildman–Crippen MR) is 103 cm³/mol. The van der Waals surface area contributed by atoms with Crippen molar-refractivity contribution in [1.82, 2.24) is 10.2 Å². The van der Waals surface area contributed by atoms with E-state index in [1.807, 2.05) is 30.0 Å². The molecule has 2 fully saturated rings. The highest BCUT2D eigenvalue weighted by molar-refractivity contribution is 5.91. The van der Waals surface area contributed by atoms with Crippen molar-refractivity contribution >= 4 is 11.8 Å². The Labute approximate surface area is 161 Å². The first-order valence-electron chi connectivity index (χ1n) is 10.0. The Morgan fingerprint density at radius 2 is 1.96 bits per heavy atom. The second kappa shape index (κ2) is 9.11. The van der Waals surface area contributed by atoms with Crippen LogP contribution in [0.4, 0.5) is 0 Å². The molecule has 0 aromatic heterocycles. The molecule has 27 heavy (non-hydrogen) atoms. The van der Waals surface area contributed by atoms with Crippen molar-refractivity contribution in [3.63, 3.8) is 0 Å². The Hall–Kier alpha value is -2.24. The molecule has 2 aliphatic rings. The van der Waals surface area contributed by atoms with Gasteiger partial charge in [-0.3, -0.25) is 9.59 Å². The summed E-state index contributed by atoms with van der Waals surface area (Å²) < 4.78 is 10.9. The summed E-state index contributed by atoms with van der Waals surface area (Å²) in [6, 6.07) is 5.56. The highest BCUT2D eigenvalue weighted by atomic mass is 16.5. The van der Waals surface area contributed by atoms with E-state index in [2.05, 4.69) is 5.32 Å². The van der Waals surface area contributed by atoms with Crippen LogP contribution in [0.2, 0.25) is 0 Å². The van der Waals surface area contributed by atoms with Crippen LogP contribution < -0.4 is 14.8 Å². The third-order valence-corrected chi connectivity index (χ3v) is 5.52. The van der Waals surface area contributed by atoms with Gasteiger partial charge in [0, 0.05) is 19.0 Å². The Bertz CT molecular complexity index is 670. The van der Waals surface area contributed by atoms with Crippen LogP contribution in [-0.2, 0) is 16.1 Å². The number of methoxy groups -OCH3 is 1. The molecule has 1 heterocycles. The van der Waals surface area contributed by atoms with Crippen LogP contribution in [-0.4, -0.2) is 42.5 Å². The summed E-state index contributed by atoms with van der Waals surface area (Å²) in [7, 11) is 1.60. The van der Waals surface area contributed by atoms with E-state index in [1.165, 1.54) is 6.42 Å². The minimum Gasteiger partial charge on any atom is -0.493 e. The van der Waals surface area contributed by atoms with Gasteiger partial charge in [-0.2, -0.15) is 0 Å². The van der Waals surface area contributed by atoms with Gasteiger partial charge in [-0.1, -0.05) is 25.3 Å². The largest absolute Gasteiger partial charge is 0.493 e. The molecule has 3 rings (SSSR count). The summed E-state index contributed by atoms with van der Waals surface area (Å²) in [5, 5.41) is 3.00. The lowest BCUT2D eigenvalue weighted by molar-refractivity contribution is -0.138. The molecule has 1 aliphatic heterocycles. The van der Waals surface area contributed by atoms with Crippen molar-refractivity contribution in [2.45, 2.75) is 70.5 Å². The van der Waals surface area contributed by atoms with Gasteiger partial charge in [0.1, 0.15) is 6.04 Å². The number of nitrogens with zero attached hydrogens (tertiary/aromatic N) is 1. The first-order valence-corrected chi connectivity index (χ1v) is 10.0. The standard InChI is InChI=1S/C21H30N2O4/c1-3-27-18-11-9-15(13-19(18)26-2)14-22-21(25)17-10-12-20(24)23(17)16-7-5-4-6-8-16/h9,11,13,16-17H,3-8,10,12,14H2,1-2H3,(H,22,25). The van der Waals surface area contributed by atoms with Crippen LogP contribution in [0.5, 0.6) is 11.5 Å². The van der Waals surface area contributed by atoms with E-state index < -0.39 is 0 Å². The van der Waals surface area contributed by atoms with Gasteiger partial charge in [-0.15, -0.1) is 0 Å². The zero-order chi connectivity index (χ0) is 19.2. The number of rotatable bonds is 7. The van der Waals surface area contributed by atoms with Gasteiger partial charge in [0.15, 0.2) is 11.5 Å². The molecule has 1 saturated carbocycles. The third-order valence-electron chi connectivity index (χ3n) is 5.52. The number of benzene rings is 1. The van der Waals surface area contributed by atoms with Crippen LogP contribution in [0, 0.1) is 0 Å². The Kier molecular flexibility index (Phi) is 6.58. The molecular formula is C21H30N2O4. The van der Waals surface area contributed by atoms with E-state index in [4.69, 9.17) is 9.47 Å². The highest BCUT2D eigenvalue weighted by Gasteiger charge is 2.40. The average Bonchev–Trinajstić information content (AvgIpc) is 3.09. The maximum Gasteiger partial charge on any atom is 0.243 e. The van der Waals surface area contributed by atoms with Gasteiger partial charge in [0.05, 0.1) is 13.7 Å². The summed E-state index contributed by atoms with van der Waals surface area (Å²) in [5.41, 5.74) is 0.942. The fraction of sp³-hybridized carbons (Fsp3) is 0.619. The van der Waals surface area contributed by atoms with E-state index in [-0.39, 0.29) is 23.9 Å². The lowest BCUT2D eigenvalue weighted by Gasteiger charge is -2.35. The van der Waals surface area contributed by atoms with Crippen LogP contribution in [0.25, 0.3) is 0 Å². The maximum atomic E-state index is 12.8. The third kappa shape index (κ3) is 4.54. The quantitative estimate of drug-likeness (QED) is 0.797. The van der Waals surface area contributed by atoms with Gasteiger partial charge in [0.2, 0.25) is 11.8 Å². The second-order valence-corrected chi connectivity index (χ2v) is 7.28. The van der Waals surface area contributed by atoms with E-state index >= 15 is 0 Å². The minimum absolute atomic E-state index is 0.0562. The molecule has 0 spiro atoms. The molecule has 1 N–H and O–H groups in total. The molecular weight excluding hydrogens is 344 g/mol. The normalized spacial score (nSPS) is 20.6. The van der Waals surface area contributed by atoms with Crippen LogP contribution in [0.1, 0.15) is 57.4 Å². The number of nitrogens with one attached hydrogen (secondary N) is 1. The number of amides is 2. The Balaban J connectivity index is 1.62. The molecule has 1 atom stereocenters. The molecule has 1 aromatic rings. The van der Waals surface area contributed by atoms with Crippen LogP contribution >= 0.6 is 0 Å². The lowest BCUT2D eigenvalue weighted by Crippen LogP contribution is -2.49. The molecule has 6 nitrogen and oxygen atoms in total. The first kappa shape index (κ1) is 19.5. The molecule has 0 bridgehead atoms. The van der Waals surface area contributed by atoms with Gasteiger partial charge in [0.25, 0.3) is 0 Å². The van der Waals surface area contributed by atoms with Gasteiger partial charge >= 0.3 is 0 Å². The number of hydrogen-bond donors (Lipinski definition) is 1. The topological polar surface area (TPSA) is 67.9 Å². The van der Waals surface area contributed by atoms with E-state index in [9.17, 15) is 9.59 Å². The summed E-state index contributed by atoms with van der Waals surface area (Å²) in [6.07, 6.45) is 6.66. The molecule has 1 unspecified atom stereocenters. The minimum atomic E-state index is -0.329. The average molecular weight is 374 g/mol. The van der Waals surface area contributed by atoms with Crippen LogP contribution in [0.15, 0.2) is 18.2 Å². The Morgan fingerprint density at radius 1 is 1.19 bits per heavy atom. The fourth-order valence-electron chi connectivity index (χ4n) is 4.18. The van der Waals surface area contributed by atoms with E-state index in [0.717, 1.165) is 31.2 Å². The summed E-state index contributed by atoms with van der Waals surface area (Å²) in [4.78, 5) is 27.0. The number of hydrogen-bond acceptors (Lipinski definition) is 4. The van der Waals surface area contributed by atoms with Crippen molar-refractivity contribution in [2.75, 3.05) is 13.7 Å². The maximum absolute atomic E-state index is 12.8. The SMILES string of the molecule is CCOc1ccc(CNC(=O)C2CCC(=O)N2C2CCCCC2)cc1OC. The number of ether oxygens (including phenoxy) is 2. The lowest BCUT2D eigenvalue weighted by atomic mass is 9.93. The van der Waals surface area contributed by atoms with Crippen molar-refractivity contribution in [1.29, 1.82) is 0 Å². The predicted octanol–water partition coefficient (Wildman–Crippen LogP) is 3.03. The highest BCUT2D eigenvalue weighted by Crippen LogP contribution is 2.31. The molecule has 148 valence electrons. The van der Waals surface area contributed by atoms with Gasteiger partial charge in [-0.05, 0) is 43.9 Å². The van der Waals surface area contributed by atoms with E-state index in [0.29, 0.717) is 37.5 Å². The van der Waals surface area contributed by atoms with Crippen molar-refractivity contribution in [3.8, 4) is 11.5 Å².